The normalized spacial score (nSPS) is 20.2. The molecule has 0 aliphatic carbocycles. The maximum atomic E-state index is 14.7. The molecular weight excluding hydrogens is 458 g/mol. The molecule has 4 rings (SSSR count). The number of alkyl halides is 3. The van der Waals surface area contributed by atoms with Crippen LogP contribution in [-0.2, 0) is 15.7 Å². The monoisotopic (exact) mass is 477 g/mol. The molecule has 11 heteroatoms. The third-order valence-corrected chi connectivity index (χ3v) is 5.80. The fourth-order valence-corrected chi connectivity index (χ4v) is 4.31. The van der Waals surface area contributed by atoms with Gasteiger partial charge in [0.1, 0.15) is 5.82 Å². The number of rotatable bonds is 4. The molecule has 0 aromatic heterocycles. The Balaban J connectivity index is 1.75. The van der Waals surface area contributed by atoms with Gasteiger partial charge in [0.25, 0.3) is 0 Å². The number of urea groups is 1. The number of anilines is 2. The van der Waals surface area contributed by atoms with Crippen molar-refractivity contribution in [2.75, 3.05) is 29.6 Å². The van der Waals surface area contributed by atoms with Gasteiger partial charge in [0.05, 0.1) is 48.1 Å². The van der Waals surface area contributed by atoms with Crippen LogP contribution in [0.25, 0.3) is 0 Å². The summed E-state index contributed by atoms with van der Waals surface area (Å²) in [5.41, 5.74) is -1.91. The molecule has 2 saturated heterocycles. The van der Waals surface area contributed by atoms with E-state index in [9.17, 15) is 27.2 Å². The number of hydrogen-bond donors (Lipinski definition) is 0. The Morgan fingerprint density at radius 3 is 2.50 bits per heavy atom. The van der Waals surface area contributed by atoms with Crippen LogP contribution in [0.5, 0.6) is 0 Å². The number of carbonyl (C=O) groups is 2. The number of carbonyl (C=O) groups excluding carboxylic acids is 2. The molecule has 2 atom stereocenters. The van der Waals surface area contributed by atoms with Gasteiger partial charge in [-0.3, -0.25) is 9.80 Å². The second-order valence-corrected chi connectivity index (χ2v) is 7.74. The predicted molar refractivity (Wildman–Crippen MR) is 112 cm³/mol. The molecule has 2 aliphatic heterocycles. The first-order valence-electron chi connectivity index (χ1n) is 10.5. The largest absolute Gasteiger partial charge is 0.462 e. The second-order valence-electron chi connectivity index (χ2n) is 7.74. The van der Waals surface area contributed by atoms with E-state index in [1.54, 1.807) is 6.92 Å². The summed E-state index contributed by atoms with van der Waals surface area (Å²) in [6.07, 6.45) is -4.42. The van der Waals surface area contributed by atoms with Crippen molar-refractivity contribution in [3.05, 3.63) is 58.9 Å². The average Bonchev–Trinajstić information content (AvgIpc) is 3.09. The van der Waals surface area contributed by atoms with E-state index in [1.165, 1.54) is 34.1 Å². The summed E-state index contributed by atoms with van der Waals surface area (Å²) < 4.78 is 65.5. The Hall–Kier alpha value is -3.65. The Bertz CT molecular complexity index is 1180. The third-order valence-electron chi connectivity index (χ3n) is 5.80. The quantitative estimate of drug-likeness (QED) is 0.479. The fourth-order valence-electron chi connectivity index (χ4n) is 4.31. The predicted octanol–water partition coefficient (Wildman–Crippen LogP) is 4.50. The summed E-state index contributed by atoms with van der Waals surface area (Å²) in [5, 5.41) is 9.06. The topological polar surface area (TPSA) is 82.9 Å². The number of amides is 2. The van der Waals surface area contributed by atoms with Gasteiger partial charge >= 0.3 is 18.2 Å². The number of nitrogens with zero attached hydrogens (tertiary/aromatic N) is 3. The fraction of sp³-hybridized carbons (Fsp3) is 0.348. The van der Waals surface area contributed by atoms with Crippen molar-refractivity contribution < 1.29 is 36.6 Å². The number of benzene rings is 2. The van der Waals surface area contributed by atoms with E-state index in [1.807, 2.05) is 0 Å². The Morgan fingerprint density at radius 2 is 1.85 bits per heavy atom. The van der Waals surface area contributed by atoms with Crippen LogP contribution in [0, 0.1) is 17.1 Å². The smallest absolute Gasteiger partial charge is 0.417 e. The van der Waals surface area contributed by atoms with E-state index in [0.29, 0.717) is 13.0 Å². The van der Waals surface area contributed by atoms with Crippen molar-refractivity contribution >= 4 is 23.4 Å². The summed E-state index contributed by atoms with van der Waals surface area (Å²) in [6.45, 7) is 2.02. The number of hydrogen-bond acceptors (Lipinski definition) is 5. The molecule has 2 aromatic rings. The number of esters is 1. The summed E-state index contributed by atoms with van der Waals surface area (Å²) in [7, 11) is 0. The molecule has 0 spiro atoms. The maximum absolute atomic E-state index is 14.7. The van der Waals surface area contributed by atoms with Gasteiger partial charge in [0.15, 0.2) is 0 Å². The Morgan fingerprint density at radius 1 is 1.18 bits per heavy atom. The SMILES string of the molecule is CCOC(=O)c1ccc(N2C(=O)N(c3ccc(C#N)c(C(F)(F)F)c3)[C@H]3COCC[C@@H]32)cc1F. The van der Waals surface area contributed by atoms with Crippen molar-refractivity contribution in [3.63, 3.8) is 0 Å². The van der Waals surface area contributed by atoms with E-state index in [2.05, 4.69) is 0 Å². The Labute approximate surface area is 192 Å². The van der Waals surface area contributed by atoms with Gasteiger partial charge in [-0.15, -0.1) is 0 Å². The standard InChI is InChI=1S/C23H19F4N3O4/c1-2-34-21(31)16-6-5-15(10-18(16)24)29-19-7-8-33-12-20(19)30(22(29)32)14-4-3-13(11-28)17(9-14)23(25,26)27/h3-6,9-10,19-20H,2,7-8,12H2,1H3/t19-,20-/m0/s1. The molecule has 0 N–H and O–H groups in total. The Kier molecular flexibility index (Phi) is 6.18. The highest BCUT2D eigenvalue weighted by Crippen LogP contribution is 2.40. The molecule has 2 heterocycles. The second kappa shape index (κ2) is 8.95. The summed E-state index contributed by atoms with van der Waals surface area (Å²) >= 11 is 0. The van der Waals surface area contributed by atoms with Crippen LogP contribution >= 0.6 is 0 Å². The van der Waals surface area contributed by atoms with Crippen LogP contribution in [0.1, 0.15) is 34.8 Å². The molecule has 0 saturated carbocycles. The van der Waals surface area contributed by atoms with Gasteiger partial charge in [0, 0.05) is 18.0 Å². The summed E-state index contributed by atoms with van der Waals surface area (Å²) in [4.78, 5) is 27.8. The molecule has 2 fully saturated rings. The van der Waals surface area contributed by atoms with Gasteiger partial charge in [-0.05, 0) is 49.7 Å². The van der Waals surface area contributed by atoms with E-state index >= 15 is 0 Å². The van der Waals surface area contributed by atoms with E-state index in [0.717, 1.165) is 18.2 Å². The van der Waals surface area contributed by atoms with E-state index in [4.69, 9.17) is 14.7 Å². The van der Waals surface area contributed by atoms with Crippen molar-refractivity contribution in [1.29, 1.82) is 5.26 Å². The lowest BCUT2D eigenvalue weighted by Crippen LogP contribution is -2.45. The first-order valence-corrected chi connectivity index (χ1v) is 10.5. The summed E-state index contributed by atoms with van der Waals surface area (Å²) in [6, 6.07) is 6.38. The van der Waals surface area contributed by atoms with Crippen LogP contribution < -0.4 is 9.80 Å². The summed E-state index contributed by atoms with van der Waals surface area (Å²) in [5.74, 6) is -1.73. The molecule has 2 aliphatic rings. The third kappa shape index (κ3) is 4.05. The number of halogens is 4. The van der Waals surface area contributed by atoms with Crippen molar-refractivity contribution in [3.8, 4) is 6.07 Å². The molecule has 0 bridgehead atoms. The van der Waals surface area contributed by atoms with Gasteiger partial charge in [-0.1, -0.05) is 0 Å². The highest BCUT2D eigenvalue weighted by Gasteiger charge is 2.49. The van der Waals surface area contributed by atoms with Crippen molar-refractivity contribution in [2.45, 2.75) is 31.6 Å². The minimum Gasteiger partial charge on any atom is -0.462 e. The van der Waals surface area contributed by atoms with Gasteiger partial charge < -0.3 is 9.47 Å². The molecule has 2 amide bonds. The molecule has 2 aromatic carbocycles. The zero-order valence-electron chi connectivity index (χ0n) is 17.9. The van der Waals surface area contributed by atoms with Gasteiger partial charge in [-0.2, -0.15) is 18.4 Å². The molecule has 178 valence electrons. The van der Waals surface area contributed by atoms with Crippen LogP contribution in [0.15, 0.2) is 36.4 Å². The number of ether oxygens (including phenoxy) is 2. The zero-order chi connectivity index (χ0) is 24.6. The average molecular weight is 477 g/mol. The first kappa shape index (κ1) is 23.5. The van der Waals surface area contributed by atoms with Gasteiger partial charge in [-0.25, -0.2) is 14.0 Å². The lowest BCUT2D eigenvalue weighted by atomic mass is 10.0. The van der Waals surface area contributed by atoms with Crippen LogP contribution in [0.4, 0.5) is 33.7 Å². The lowest BCUT2D eigenvalue weighted by Gasteiger charge is -2.32. The molecule has 0 radical (unpaired) electrons. The molecule has 0 unspecified atom stereocenters. The molecular formula is C23H19F4N3O4. The van der Waals surface area contributed by atoms with Crippen molar-refractivity contribution in [1.82, 2.24) is 0 Å². The maximum Gasteiger partial charge on any atom is 0.417 e. The van der Waals surface area contributed by atoms with Crippen LogP contribution in [-0.4, -0.2) is 43.9 Å². The van der Waals surface area contributed by atoms with E-state index in [-0.39, 0.29) is 30.2 Å². The number of fused-ring (bicyclic) bond motifs is 1. The molecule has 7 nitrogen and oxygen atoms in total. The van der Waals surface area contributed by atoms with Gasteiger partial charge in [0.2, 0.25) is 0 Å². The first-order chi connectivity index (χ1) is 16.2. The minimum atomic E-state index is -4.79. The van der Waals surface area contributed by atoms with Crippen LogP contribution in [0.3, 0.4) is 0 Å². The molecule has 34 heavy (non-hydrogen) atoms. The van der Waals surface area contributed by atoms with Crippen LogP contribution in [0.2, 0.25) is 0 Å². The minimum absolute atomic E-state index is 0.0528. The highest BCUT2D eigenvalue weighted by atomic mass is 19.4. The number of nitriles is 1. The highest BCUT2D eigenvalue weighted by molar-refractivity contribution is 6.08. The lowest BCUT2D eigenvalue weighted by molar-refractivity contribution is -0.137. The van der Waals surface area contributed by atoms with E-state index < -0.39 is 47.2 Å². The zero-order valence-corrected chi connectivity index (χ0v) is 17.9. The van der Waals surface area contributed by atoms with Crippen molar-refractivity contribution in [2.24, 2.45) is 0 Å².